The van der Waals surface area contributed by atoms with Crippen LogP contribution in [0, 0.1) is 5.53 Å². The molecule has 0 saturated heterocycles. The van der Waals surface area contributed by atoms with Gasteiger partial charge in [-0.3, -0.25) is 4.79 Å². The van der Waals surface area contributed by atoms with Crippen LogP contribution in [-0.2, 0) is 0 Å². The Kier molecular flexibility index (Phi) is 10.3. The number of phenols is 2. The average molecular weight is 643 g/mol. The predicted octanol–water partition coefficient (Wildman–Crippen LogP) is 5.62. The summed E-state index contributed by atoms with van der Waals surface area (Å²) in [5, 5.41) is 53.4. The zero-order chi connectivity index (χ0) is 34.4. The van der Waals surface area contributed by atoms with E-state index in [-0.39, 0.29) is 57.5 Å². The fourth-order valence-corrected chi connectivity index (χ4v) is 4.76. The Morgan fingerprint density at radius 3 is 2.11 bits per heavy atom. The molecule has 2 aromatic heterocycles. The molecule has 2 unspecified atom stereocenters. The van der Waals surface area contributed by atoms with Crippen LogP contribution >= 0.6 is 0 Å². The molecule has 0 aliphatic rings. The summed E-state index contributed by atoms with van der Waals surface area (Å²) < 4.78 is 1.31. The number of anilines is 1. The van der Waals surface area contributed by atoms with E-state index in [1.807, 2.05) is 27.7 Å². The van der Waals surface area contributed by atoms with Crippen LogP contribution in [-0.4, -0.2) is 75.2 Å². The molecule has 4 rings (SSSR count). The Morgan fingerprint density at radius 1 is 0.936 bits per heavy atom. The Bertz CT molecular complexity index is 1860. The number of carboxylic acid groups (broad SMARTS) is 2. The van der Waals surface area contributed by atoms with Crippen LogP contribution in [0.1, 0.15) is 77.3 Å². The van der Waals surface area contributed by atoms with Gasteiger partial charge in [0.1, 0.15) is 34.0 Å². The number of carboxylic acids is 2. The summed E-state index contributed by atoms with van der Waals surface area (Å²) in [6.07, 6.45) is 4.25. The van der Waals surface area contributed by atoms with Crippen LogP contribution in [0.25, 0.3) is 22.8 Å². The highest BCUT2D eigenvalue weighted by Crippen LogP contribution is 2.28. The maximum atomic E-state index is 14.0. The number of aromatic carboxylic acids is 2. The van der Waals surface area contributed by atoms with Crippen molar-refractivity contribution in [2.24, 2.45) is 5.11 Å². The SMILES string of the molecule is CCC(C)N(C(=O)c1cc(/C(=C/Nc2ccc(C(=O)O)c(O)c2)N=N)nc(-c2cn(-c3ccc(C(=O)O)c(O)c3)nn2)c1)C(C)CC. The summed E-state index contributed by atoms with van der Waals surface area (Å²) in [6.45, 7) is 7.90. The first-order chi connectivity index (χ1) is 22.4. The lowest BCUT2D eigenvalue weighted by atomic mass is 10.0. The van der Waals surface area contributed by atoms with Crippen LogP contribution in [0.15, 0.2) is 66.0 Å². The van der Waals surface area contributed by atoms with Crippen molar-refractivity contribution < 1.29 is 34.8 Å². The van der Waals surface area contributed by atoms with Gasteiger partial charge in [-0.15, -0.1) is 5.10 Å². The molecule has 4 aromatic rings. The van der Waals surface area contributed by atoms with E-state index in [0.717, 1.165) is 0 Å². The minimum absolute atomic E-state index is 0.00269. The number of carbonyl (C=O) groups excluding carboxylic acids is 1. The van der Waals surface area contributed by atoms with Gasteiger partial charge in [0, 0.05) is 41.7 Å². The van der Waals surface area contributed by atoms with Crippen molar-refractivity contribution in [3.8, 4) is 28.6 Å². The van der Waals surface area contributed by atoms with Gasteiger partial charge in [-0.1, -0.05) is 19.1 Å². The van der Waals surface area contributed by atoms with Gasteiger partial charge in [-0.05, 0) is 63.1 Å². The number of hydrogen-bond acceptors (Lipinski definition) is 11. The van der Waals surface area contributed by atoms with Crippen LogP contribution in [0.3, 0.4) is 0 Å². The molecular formula is C32H34N8O7. The molecule has 15 heteroatoms. The fourth-order valence-electron chi connectivity index (χ4n) is 4.76. The maximum Gasteiger partial charge on any atom is 0.339 e. The Hall–Kier alpha value is -6.12. The maximum absolute atomic E-state index is 14.0. The quantitative estimate of drug-likeness (QED) is 0.0981. The molecule has 0 saturated carbocycles. The van der Waals surface area contributed by atoms with E-state index in [0.29, 0.717) is 24.2 Å². The van der Waals surface area contributed by atoms with Crippen molar-refractivity contribution in [2.75, 3.05) is 5.32 Å². The summed E-state index contributed by atoms with van der Waals surface area (Å²) in [5.41, 5.74) is 8.77. The van der Waals surface area contributed by atoms with Crippen LogP contribution < -0.4 is 5.32 Å². The highest BCUT2D eigenvalue weighted by molar-refractivity contribution is 5.96. The largest absolute Gasteiger partial charge is 0.507 e. The zero-order valence-electron chi connectivity index (χ0n) is 26.0. The van der Waals surface area contributed by atoms with Gasteiger partial charge in [-0.2, -0.15) is 5.11 Å². The third-order valence-corrected chi connectivity index (χ3v) is 7.66. The van der Waals surface area contributed by atoms with Gasteiger partial charge in [0.2, 0.25) is 0 Å². The van der Waals surface area contributed by atoms with Gasteiger partial charge in [0.15, 0.2) is 0 Å². The fraction of sp³-hybridized carbons (Fsp3) is 0.250. The number of nitrogens with one attached hydrogen (secondary N) is 2. The van der Waals surface area contributed by atoms with Gasteiger partial charge >= 0.3 is 11.9 Å². The minimum atomic E-state index is -1.29. The van der Waals surface area contributed by atoms with Crippen molar-refractivity contribution in [1.29, 1.82) is 5.53 Å². The molecule has 0 fully saturated rings. The first kappa shape index (κ1) is 33.8. The number of nitrogens with zero attached hydrogens (tertiary/aromatic N) is 6. The molecule has 0 aliphatic carbocycles. The number of amides is 1. The summed E-state index contributed by atoms with van der Waals surface area (Å²) in [7, 11) is 0. The molecule has 0 spiro atoms. The van der Waals surface area contributed by atoms with Gasteiger partial charge in [0.05, 0.1) is 23.3 Å². The van der Waals surface area contributed by atoms with E-state index in [1.54, 1.807) is 11.0 Å². The van der Waals surface area contributed by atoms with Crippen molar-refractivity contribution >= 4 is 29.2 Å². The van der Waals surface area contributed by atoms with Crippen molar-refractivity contribution in [1.82, 2.24) is 24.9 Å². The third-order valence-electron chi connectivity index (χ3n) is 7.66. The first-order valence-electron chi connectivity index (χ1n) is 14.6. The normalized spacial score (nSPS) is 12.6. The lowest BCUT2D eigenvalue weighted by Crippen LogP contribution is -2.44. The molecule has 2 atom stereocenters. The number of pyridine rings is 1. The van der Waals surface area contributed by atoms with E-state index in [2.05, 4.69) is 25.7 Å². The molecule has 1 amide bonds. The molecule has 2 aromatic carbocycles. The van der Waals surface area contributed by atoms with E-state index in [1.165, 1.54) is 59.5 Å². The van der Waals surface area contributed by atoms with Crippen molar-refractivity contribution in [3.05, 3.63) is 83.3 Å². The summed E-state index contributed by atoms with van der Waals surface area (Å²) in [4.78, 5) is 43.0. The molecule has 2 heterocycles. The smallest absolute Gasteiger partial charge is 0.339 e. The van der Waals surface area contributed by atoms with Crippen LogP contribution in [0.2, 0.25) is 0 Å². The molecular weight excluding hydrogens is 608 g/mol. The Morgan fingerprint density at radius 2 is 1.55 bits per heavy atom. The van der Waals surface area contributed by atoms with Gasteiger partial charge in [0.25, 0.3) is 5.91 Å². The molecule has 6 N–H and O–H groups in total. The van der Waals surface area contributed by atoms with E-state index in [4.69, 9.17) is 5.53 Å². The highest BCUT2D eigenvalue weighted by atomic mass is 16.4. The third kappa shape index (κ3) is 7.41. The summed E-state index contributed by atoms with van der Waals surface area (Å²) in [5.74, 6) is -3.77. The highest BCUT2D eigenvalue weighted by Gasteiger charge is 2.26. The van der Waals surface area contributed by atoms with E-state index >= 15 is 0 Å². The second-order valence-electron chi connectivity index (χ2n) is 10.7. The lowest BCUT2D eigenvalue weighted by Gasteiger charge is -2.34. The number of hydrogen-bond donors (Lipinski definition) is 6. The average Bonchev–Trinajstić information content (AvgIpc) is 3.55. The molecule has 244 valence electrons. The first-order valence-corrected chi connectivity index (χ1v) is 14.6. The number of aromatic hydroxyl groups is 2. The van der Waals surface area contributed by atoms with E-state index in [9.17, 15) is 34.8 Å². The second-order valence-corrected chi connectivity index (χ2v) is 10.7. The molecule has 15 nitrogen and oxygen atoms in total. The number of carbonyl (C=O) groups is 3. The monoisotopic (exact) mass is 642 g/mol. The second kappa shape index (κ2) is 14.3. The number of rotatable bonds is 13. The molecule has 0 aliphatic heterocycles. The van der Waals surface area contributed by atoms with Crippen molar-refractivity contribution in [3.63, 3.8) is 0 Å². The summed E-state index contributed by atoms with van der Waals surface area (Å²) >= 11 is 0. The minimum Gasteiger partial charge on any atom is -0.507 e. The van der Waals surface area contributed by atoms with Crippen LogP contribution in [0.5, 0.6) is 11.5 Å². The van der Waals surface area contributed by atoms with Crippen molar-refractivity contribution in [2.45, 2.75) is 52.6 Å². The zero-order valence-corrected chi connectivity index (χ0v) is 26.0. The molecule has 0 bridgehead atoms. The Balaban J connectivity index is 1.81. The van der Waals surface area contributed by atoms with Gasteiger partial charge in [-0.25, -0.2) is 24.8 Å². The molecule has 0 radical (unpaired) electrons. The predicted molar refractivity (Wildman–Crippen MR) is 171 cm³/mol. The number of benzene rings is 2. The molecule has 47 heavy (non-hydrogen) atoms. The van der Waals surface area contributed by atoms with Crippen LogP contribution in [0.4, 0.5) is 5.69 Å². The van der Waals surface area contributed by atoms with E-state index < -0.39 is 23.4 Å². The number of aromatic nitrogens is 4. The standard InChI is InChI=1S/C32H34N8O7/c1-5-17(3)40(18(4)6-2)30(43)19-11-24(26(36-33)15-34-20-7-9-22(31(44)45)28(41)13-20)35-25(12-19)27-16-39(38-37-27)21-8-10-23(32(46)47)29(42)14-21/h7-18,33-34,41-42H,5-6H2,1-4H3,(H,44,45)(H,46,47)/b26-15-,36-33?. The van der Waals surface area contributed by atoms with Gasteiger partial charge < -0.3 is 30.6 Å². The summed E-state index contributed by atoms with van der Waals surface area (Å²) in [6, 6.07) is 10.7. The topological polar surface area (TPSA) is 227 Å². The lowest BCUT2D eigenvalue weighted by molar-refractivity contribution is 0.0596. The Labute approximate surface area is 269 Å².